The van der Waals surface area contributed by atoms with Crippen LogP contribution in [-0.2, 0) is 19.1 Å². The van der Waals surface area contributed by atoms with E-state index in [1.165, 1.54) is 11.2 Å². The Morgan fingerprint density at radius 3 is 2.48 bits per heavy atom. The molecule has 8 nitrogen and oxygen atoms in total. The lowest BCUT2D eigenvalue weighted by molar-refractivity contribution is -0.155. The lowest BCUT2D eigenvalue weighted by Crippen LogP contribution is -2.56. The first kappa shape index (κ1) is 21.1. The van der Waals surface area contributed by atoms with Crippen LogP contribution in [0, 0.1) is 11.8 Å². The van der Waals surface area contributed by atoms with Crippen LogP contribution in [0.25, 0.3) is 0 Å². The second-order valence-electron chi connectivity index (χ2n) is 7.79. The van der Waals surface area contributed by atoms with Gasteiger partial charge < -0.3 is 13.9 Å². The van der Waals surface area contributed by atoms with Crippen LogP contribution in [0.15, 0.2) is 47.1 Å². The number of nitrogens with one attached hydrogen (secondary N) is 1. The largest absolute Gasteiger partial charge is 0.497 e. The van der Waals surface area contributed by atoms with Gasteiger partial charge >= 0.3 is 5.97 Å². The molecule has 1 aromatic carbocycles. The van der Waals surface area contributed by atoms with Gasteiger partial charge in [0, 0.05) is 0 Å². The van der Waals surface area contributed by atoms with E-state index in [0.29, 0.717) is 30.0 Å². The molecule has 3 heterocycles. The van der Waals surface area contributed by atoms with Crippen LogP contribution < -0.4 is 15.0 Å². The number of furan rings is 1. The van der Waals surface area contributed by atoms with Crippen molar-refractivity contribution in [3.8, 4) is 5.75 Å². The number of ether oxygens (including phenoxy) is 2. The molecule has 8 heteroatoms. The summed E-state index contributed by atoms with van der Waals surface area (Å²) in [5, 5.41) is 3.29. The number of fused-ring (bicyclic) bond motifs is 1. The lowest BCUT2D eigenvalue weighted by Gasteiger charge is -2.32. The number of rotatable bonds is 7. The van der Waals surface area contributed by atoms with E-state index in [1.807, 2.05) is 6.92 Å². The minimum Gasteiger partial charge on any atom is -0.497 e. The number of carbonyl (C=O) groups excluding carboxylic acids is 3. The van der Waals surface area contributed by atoms with Gasteiger partial charge in [-0.3, -0.25) is 19.7 Å². The summed E-state index contributed by atoms with van der Waals surface area (Å²) in [6, 6.07) is 9.56. The molecular formula is C23H26N2O6. The van der Waals surface area contributed by atoms with E-state index in [-0.39, 0.29) is 12.5 Å². The minimum atomic E-state index is -1.30. The zero-order valence-corrected chi connectivity index (χ0v) is 17.8. The van der Waals surface area contributed by atoms with Crippen molar-refractivity contribution in [2.45, 2.75) is 38.3 Å². The quantitative estimate of drug-likeness (QED) is 0.537. The Kier molecular flexibility index (Phi) is 5.58. The number of imide groups is 1. The molecule has 0 bridgehead atoms. The first-order valence-corrected chi connectivity index (χ1v) is 10.5. The van der Waals surface area contributed by atoms with Gasteiger partial charge in [0.15, 0.2) is 0 Å². The highest BCUT2D eigenvalue weighted by Gasteiger charge is 2.69. The summed E-state index contributed by atoms with van der Waals surface area (Å²) in [6.45, 7) is 3.83. The lowest BCUT2D eigenvalue weighted by atomic mass is 9.77. The summed E-state index contributed by atoms with van der Waals surface area (Å²) in [5.41, 5.74) is -0.862. The highest BCUT2D eigenvalue weighted by Crippen LogP contribution is 2.51. The minimum absolute atomic E-state index is 0.180. The number of hydrogen-bond donors (Lipinski definition) is 1. The molecule has 2 fully saturated rings. The Hall–Kier alpha value is -3.13. The molecule has 0 radical (unpaired) electrons. The van der Waals surface area contributed by atoms with Gasteiger partial charge in [0.1, 0.15) is 17.0 Å². The molecule has 4 rings (SSSR count). The fourth-order valence-corrected chi connectivity index (χ4v) is 4.87. The Balaban J connectivity index is 1.81. The predicted molar refractivity (Wildman–Crippen MR) is 111 cm³/mol. The van der Waals surface area contributed by atoms with E-state index in [9.17, 15) is 14.4 Å². The van der Waals surface area contributed by atoms with Crippen molar-refractivity contribution in [2.75, 3.05) is 18.6 Å². The van der Waals surface area contributed by atoms with Gasteiger partial charge in [-0.05, 0) is 49.7 Å². The van der Waals surface area contributed by atoms with Crippen molar-refractivity contribution in [3.05, 3.63) is 48.4 Å². The van der Waals surface area contributed by atoms with Crippen LogP contribution in [0.3, 0.4) is 0 Å². The molecule has 0 spiro atoms. The highest BCUT2D eigenvalue weighted by atomic mass is 16.5. The Labute approximate surface area is 180 Å². The molecule has 2 amide bonds. The van der Waals surface area contributed by atoms with E-state index in [2.05, 4.69) is 5.32 Å². The van der Waals surface area contributed by atoms with E-state index >= 15 is 0 Å². The van der Waals surface area contributed by atoms with Crippen LogP contribution in [-0.4, -0.2) is 37.0 Å². The van der Waals surface area contributed by atoms with Crippen molar-refractivity contribution in [2.24, 2.45) is 11.8 Å². The fraction of sp³-hybridized carbons (Fsp3) is 0.435. The summed E-state index contributed by atoms with van der Waals surface area (Å²) in [5.74, 6) is -1.84. The third-order valence-corrected chi connectivity index (χ3v) is 6.12. The predicted octanol–water partition coefficient (Wildman–Crippen LogP) is 2.84. The highest BCUT2D eigenvalue weighted by molar-refractivity contribution is 6.24. The summed E-state index contributed by atoms with van der Waals surface area (Å²) in [7, 11) is 1.55. The molecule has 2 saturated heterocycles. The number of methoxy groups -OCH3 is 1. The molecule has 2 aromatic rings. The van der Waals surface area contributed by atoms with Crippen molar-refractivity contribution in [1.82, 2.24) is 5.32 Å². The molecular weight excluding hydrogens is 400 g/mol. The first-order chi connectivity index (χ1) is 15.0. The van der Waals surface area contributed by atoms with Gasteiger partial charge in [-0.1, -0.05) is 13.3 Å². The Morgan fingerprint density at radius 1 is 1.16 bits per heavy atom. The van der Waals surface area contributed by atoms with Crippen LogP contribution >= 0.6 is 0 Å². The number of anilines is 1. The van der Waals surface area contributed by atoms with Crippen LogP contribution in [0.4, 0.5) is 5.69 Å². The second kappa shape index (κ2) is 8.19. The second-order valence-corrected chi connectivity index (χ2v) is 7.79. The summed E-state index contributed by atoms with van der Waals surface area (Å²) in [6.07, 6.45) is 2.50. The normalized spacial score (nSPS) is 27.5. The van der Waals surface area contributed by atoms with E-state index in [1.54, 1.807) is 50.4 Å². The molecule has 2 aliphatic heterocycles. The maximum atomic E-state index is 13.7. The smallest absolute Gasteiger partial charge is 0.327 e. The molecule has 1 N–H and O–H groups in total. The molecule has 0 aliphatic carbocycles. The van der Waals surface area contributed by atoms with E-state index < -0.39 is 35.3 Å². The average Bonchev–Trinajstić information content (AvgIpc) is 3.46. The maximum Gasteiger partial charge on any atom is 0.327 e. The van der Waals surface area contributed by atoms with Crippen molar-refractivity contribution >= 4 is 23.5 Å². The number of esters is 1. The van der Waals surface area contributed by atoms with E-state index in [0.717, 1.165) is 0 Å². The zero-order chi connectivity index (χ0) is 22.2. The average molecular weight is 426 g/mol. The van der Waals surface area contributed by atoms with Crippen molar-refractivity contribution in [3.63, 3.8) is 0 Å². The van der Waals surface area contributed by atoms with Gasteiger partial charge in [0.2, 0.25) is 11.8 Å². The van der Waals surface area contributed by atoms with Gasteiger partial charge in [-0.15, -0.1) is 0 Å². The van der Waals surface area contributed by atoms with Crippen LogP contribution in [0.5, 0.6) is 5.75 Å². The molecule has 0 saturated carbocycles. The molecule has 1 aromatic heterocycles. The van der Waals surface area contributed by atoms with Gasteiger partial charge in [-0.2, -0.15) is 0 Å². The SMILES string of the molecule is CCC[C@@]1(C(=O)OCC)N[C@@H](c2ccco2)[C@H]2C(=O)N(c3ccc(OC)cc3)C(=O)[C@@H]21. The monoisotopic (exact) mass is 426 g/mol. The third kappa shape index (κ3) is 3.22. The first-order valence-electron chi connectivity index (χ1n) is 10.5. The fourth-order valence-electron chi connectivity index (χ4n) is 4.87. The number of benzene rings is 1. The molecule has 4 atom stereocenters. The van der Waals surface area contributed by atoms with Crippen molar-refractivity contribution in [1.29, 1.82) is 0 Å². The van der Waals surface area contributed by atoms with Crippen LogP contribution in [0.1, 0.15) is 38.5 Å². The third-order valence-electron chi connectivity index (χ3n) is 6.12. The Bertz CT molecular complexity index is 970. The van der Waals surface area contributed by atoms with Crippen LogP contribution in [0.2, 0.25) is 0 Å². The van der Waals surface area contributed by atoms with Gasteiger partial charge in [-0.25, -0.2) is 4.90 Å². The molecule has 31 heavy (non-hydrogen) atoms. The standard InChI is InChI=1S/C23H26N2O6/c1-4-12-23(22(28)30-5-2)18-17(19(24-23)16-7-6-13-31-16)20(26)25(21(18)27)14-8-10-15(29-3)11-9-14/h6-11,13,17-19,24H,4-5,12H2,1-3H3/t17-,18+,19-,23+/m0/s1. The molecule has 0 unspecified atom stereocenters. The summed E-state index contributed by atoms with van der Waals surface area (Å²) in [4.78, 5) is 41.6. The summed E-state index contributed by atoms with van der Waals surface area (Å²) >= 11 is 0. The Morgan fingerprint density at radius 2 is 1.90 bits per heavy atom. The number of nitrogens with zero attached hydrogens (tertiary/aromatic N) is 1. The van der Waals surface area contributed by atoms with Gasteiger partial charge in [0.05, 0.1) is 43.5 Å². The maximum absolute atomic E-state index is 13.7. The molecule has 164 valence electrons. The number of amides is 2. The molecule has 2 aliphatic rings. The number of hydrogen-bond acceptors (Lipinski definition) is 7. The topological polar surface area (TPSA) is 98.1 Å². The number of carbonyl (C=O) groups is 3. The van der Waals surface area contributed by atoms with Crippen molar-refractivity contribution < 1.29 is 28.3 Å². The van der Waals surface area contributed by atoms with E-state index in [4.69, 9.17) is 13.9 Å². The zero-order valence-electron chi connectivity index (χ0n) is 17.8. The van der Waals surface area contributed by atoms with Gasteiger partial charge in [0.25, 0.3) is 0 Å². The summed E-state index contributed by atoms with van der Waals surface area (Å²) < 4.78 is 16.1.